The van der Waals surface area contributed by atoms with E-state index in [1.54, 1.807) is 30.7 Å². The molecule has 0 unspecified atom stereocenters. The van der Waals surface area contributed by atoms with Crippen molar-refractivity contribution >= 4 is 23.0 Å². The third kappa shape index (κ3) is 3.13. The maximum atomic E-state index is 14.8. The van der Waals surface area contributed by atoms with E-state index in [-0.39, 0.29) is 17.9 Å². The number of aromatic nitrogens is 3. The maximum absolute atomic E-state index is 14.8. The molecule has 0 amide bonds. The van der Waals surface area contributed by atoms with Crippen molar-refractivity contribution in [1.29, 1.82) is 0 Å². The minimum atomic E-state index is -0.326. The van der Waals surface area contributed by atoms with Crippen molar-refractivity contribution in [2.45, 2.75) is 12.1 Å². The average Bonchev–Trinajstić information content (AvgIpc) is 3.40. The molecule has 5 rings (SSSR count). The lowest BCUT2D eigenvalue weighted by Gasteiger charge is -2.29. The predicted molar refractivity (Wildman–Crippen MR) is 118 cm³/mol. The van der Waals surface area contributed by atoms with Gasteiger partial charge in [0, 0.05) is 24.3 Å². The molecule has 4 heterocycles. The molecule has 0 bridgehead atoms. The highest BCUT2D eigenvalue weighted by Gasteiger charge is 2.42. The summed E-state index contributed by atoms with van der Waals surface area (Å²) in [5.74, 6) is -0.326. The van der Waals surface area contributed by atoms with Crippen molar-refractivity contribution in [3.05, 3.63) is 109 Å². The molecule has 3 aromatic heterocycles. The van der Waals surface area contributed by atoms with Gasteiger partial charge >= 0.3 is 0 Å². The fraction of sp³-hybridized carbons (Fsp3) is 0.0870. The van der Waals surface area contributed by atoms with Gasteiger partial charge in [-0.2, -0.15) is 0 Å². The van der Waals surface area contributed by atoms with E-state index in [2.05, 4.69) is 19.9 Å². The molecule has 1 aromatic carbocycles. The Morgan fingerprint density at radius 3 is 2.57 bits per heavy atom. The fourth-order valence-corrected chi connectivity index (χ4v) is 4.27. The standard InChI is InChI=1S/C23H18FN5S/c24-17-8-1-2-10-19(17)29-22(21(27-23(29)30)18-9-3-4-13-26-18)20-11-6-14-28(20)16-7-5-12-25-15-16/h1-15,21-22H,(H,27,30)/t21-,22+/m0/s1. The Hall–Kier alpha value is -3.58. The summed E-state index contributed by atoms with van der Waals surface area (Å²) >= 11 is 5.67. The van der Waals surface area contributed by atoms with Crippen LogP contribution in [0.2, 0.25) is 0 Å². The van der Waals surface area contributed by atoms with Gasteiger partial charge in [0.1, 0.15) is 11.9 Å². The largest absolute Gasteiger partial charge is 0.351 e. The quantitative estimate of drug-likeness (QED) is 0.494. The van der Waals surface area contributed by atoms with Gasteiger partial charge in [-0.3, -0.25) is 9.97 Å². The lowest BCUT2D eigenvalue weighted by molar-refractivity contribution is 0.542. The van der Waals surface area contributed by atoms with Gasteiger partial charge < -0.3 is 14.8 Å². The van der Waals surface area contributed by atoms with E-state index in [0.717, 1.165) is 17.1 Å². The monoisotopic (exact) mass is 415 g/mol. The number of thiocarbonyl (C=S) groups is 1. The molecule has 5 nitrogen and oxygen atoms in total. The first-order valence-electron chi connectivity index (χ1n) is 9.57. The molecular formula is C23H18FN5S. The van der Waals surface area contributed by atoms with E-state index in [9.17, 15) is 4.39 Å². The van der Waals surface area contributed by atoms with Gasteiger partial charge in [0.05, 0.1) is 29.3 Å². The highest BCUT2D eigenvalue weighted by Crippen LogP contribution is 2.42. The van der Waals surface area contributed by atoms with Crippen LogP contribution in [0.1, 0.15) is 23.5 Å². The molecule has 0 spiro atoms. The fourth-order valence-electron chi connectivity index (χ4n) is 3.93. The molecule has 0 radical (unpaired) electrons. The Morgan fingerprint density at radius 1 is 0.933 bits per heavy atom. The van der Waals surface area contributed by atoms with Crippen molar-refractivity contribution in [1.82, 2.24) is 19.9 Å². The number of nitrogens with one attached hydrogen (secondary N) is 1. The number of rotatable bonds is 4. The second-order valence-electron chi connectivity index (χ2n) is 6.96. The highest BCUT2D eigenvalue weighted by molar-refractivity contribution is 7.80. The molecule has 7 heteroatoms. The Labute approximate surface area is 178 Å². The molecule has 148 valence electrons. The van der Waals surface area contributed by atoms with Crippen molar-refractivity contribution < 1.29 is 4.39 Å². The zero-order chi connectivity index (χ0) is 20.5. The SMILES string of the molecule is Fc1ccccc1N1C(=S)N[C@@H](c2ccccn2)[C@H]1c1cccn1-c1cccnc1. The van der Waals surface area contributed by atoms with Crippen LogP contribution in [0.4, 0.5) is 10.1 Å². The first kappa shape index (κ1) is 18.4. The first-order chi connectivity index (χ1) is 14.7. The maximum Gasteiger partial charge on any atom is 0.174 e. The minimum absolute atomic E-state index is 0.247. The molecule has 1 aliphatic heterocycles. The lowest BCUT2D eigenvalue weighted by atomic mass is 10.0. The Balaban J connectivity index is 1.69. The second-order valence-corrected chi connectivity index (χ2v) is 7.35. The molecule has 4 aromatic rings. The number of halogens is 1. The minimum Gasteiger partial charge on any atom is -0.351 e. The molecule has 1 saturated heterocycles. The zero-order valence-electron chi connectivity index (χ0n) is 15.9. The molecule has 0 saturated carbocycles. The Kier molecular flexibility index (Phi) is 4.72. The predicted octanol–water partition coefficient (Wildman–Crippen LogP) is 4.58. The van der Waals surface area contributed by atoms with E-state index in [1.165, 1.54) is 6.07 Å². The highest BCUT2D eigenvalue weighted by atomic mass is 32.1. The number of hydrogen-bond donors (Lipinski definition) is 1. The van der Waals surface area contributed by atoms with Crippen LogP contribution in [0.5, 0.6) is 0 Å². The summed E-state index contributed by atoms with van der Waals surface area (Å²) in [7, 11) is 0. The van der Waals surface area contributed by atoms with E-state index in [4.69, 9.17) is 12.2 Å². The van der Waals surface area contributed by atoms with Gasteiger partial charge in [0.15, 0.2) is 5.11 Å². The Morgan fingerprint density at radius 2 is 1.80 bits per heavy atom. The summed E-state index contributed by atoms with van der Waals surface area (Å²) in [6.07, 6.45) is 7.26. The van der Waals surface area contributed by atoms with E-state index in [1.807, 2.05) is 59.6 Å². The van der Waals surface area contributed by atoms with Gasteiger partial charge in [-0.1, -0.05) is 18.2 Å². The van der Waals surface area contributed by atoms with Gasteiger partial charge in [-0.15, -0.1) is 0 Å². The number of pyridine rings is 2. The molecular weight excluding hydrogens is 397 g/mol. The van der Waals surface area contributed by atoms with Gasteiger partial charge in [0.25, 0.3) is 0 Å². The molecule has 1 N–H and O–H groups in total. The average molecular weight is 415 g/mol. The van der Waals surface area contributed by atoms with Crippen molar-refractivity contribution in [3.8, 4) is 5.69 Å². The van der Waals surface area contributed by atoms with Gasteiger partial charge in [0.2, 0.25) is 0 Å². The number of anilines is 1. The van der Waals surface area contributed by atoms with Crippen molar-refractivity contribution in [2.75, 3.05) is 4.90 Å². The van der Waals surface area contributed by atoms with Crippen molar-refractivity contribution in [3.63, 3.8) is 0 Å². The lowest BCUT2D eigenvalue weighted by Crippen LogP contribution is -2.31. The molecule has 2 atom stereocenters. The smallest absolute Gasteiger partial charge is 0.174 e. The normalized spacial score (nSPS) is 18.4. The summed E-state index contributed by atoms with van der Waals surface area (Å²) < 4.78 is 16.9. The number of para-hydroxylation sites is 1. The van der Waals surface area contributed by atoms with Crippen molar-refractivity contribution in [2.24, 2.45) is 0 Å². The topological polar surface area (TPSA) is 46.0 Å². The molecule has 30 heavy (non-hydrogen) atoms. The second kappa shape index (κ2) is 7.68. The van der Waals surface area contributed by atoms with Gasteiger partial charge in [-0.05, 0) is 60.7 Å². The van der Waals surface area contributed by atoms with Crippen LogP contribution >= 0.6 is 12.2 Å². The van der Waals surface area contributed by atoms with Crippen LogP contribution < -0.4 is 10.2 Å². The van der Waals surface area contributed by atoms with Crippen LogP contribution in [-0.2, 0) is 0 Å². The first-order valence-corrected chi connectivity index (χ1v) is 9.98. The van der Waals surface area contributed by atoms with Crippen LogP contribution in [0, 0.1) is 5.82 Å². The van der Waals surface area contributed by atoms with Crippen LogP contribution in [0.15, 0.2) is 91.5 Å². The third-order valence-corrected chi connectivity index (χ3v) is 5.53. The molecule has 0 aliphatic carbocycles. The number of hydrogen-bond acceptors (Lipinski definition) is 3. The third-order valence-electron chi connectivity index (χ3n) is 5.22. The Bertz CT molecular complexity index is 1180. The van der Waals surface area contributed by atoms with Crippen LogP contribution in [0.3, 0.4) is 0 Å². The molecule has 1 aliphatic rings. The summed E-state index contributed by atoms with van der Waals surface area (Å²) in [4.78, 5) is 10.6. The number of nitrogens with zero attached hydrogens (tertiary/aromatic N) is 4. The van der Waals surface area contributed by atoms with Crippen LogP contribution in [0.25, 0.3) is 5.69 Å². The summed E-state index contributed by atoms with van der Waals surface area (Å²) in [6, 6.07) is 19.8. The van der Waals surface area contributed by atoms with E-state index in [0.29, 0.717) is 10.8 Å². The number of benzene rings is 1. The zero-order valence-corrected chi connectivity index (χ0v) is 16.7. The summed E-state index contributed by atoms with van der Waals surface area (Å²) in [6.45, 7) is 0. The summed E-state index contributed by atoms with van der Waals surface area (Å²) in [5, 5.41) is 3.82. The molecule has 1 fully saturated rings. The van der Waals surface area contributed by atoms with E-state index < -0.39 is 0 Å². The van der Waals surface area contributed by atoms with Crippen LogP contribution in [-0.4, -0.2) is 19.6 Å². The summed E-state index contributed by atoms with van der Waals surface area (Å²) in [5.41, 5.74) is 3.14. The van der Waals surface area contributed by atoms with E-state index >= 15 is 0 Å². The van der Waals surface area contributed by atoms with Gasteiger partial charge in [-0.25, -0.2) is 4.39 Å².